The minimum absolute atomic E-state index is 0.247. The molecule has 19 nitrogen and oxygen atoms in total. The van der Waals surface area contributed by atoms with E-state index in [2.05, 4.69) is 31.3 Å². The van der Waals surface area contributed by atoms with Crippen molar-refractivity contribution in [1.82, 2.24) is 5.32 Å². The van der Waals surface area contributed by atoms with Gasteiger partial charge in [0.2, 0.25) is 5.91 Å². The van der Waals surface area contributed by atoms with Crippen molar-refractivity contribution in [2.75, 3.05) is 26.4 Å². The van der Waals surface area contributed by atoms with Crippen LogP contribution in [0, 0.1) is 0 Å². The van der Waals surface area contributed by atoms with Crippen LogP contribution in [0.4, 0.5) is 0 Å². The van der Waals surface area contributed by atoms with E-state index < -0.39 is 124 Å². The van der Waals surface area contributed by atoms with Crippen molar-refractivity contribution in [3.05, 3.63) is 12.2 Å². The Morgan fingerprint density at radius 1 is 0.398 bits per heavy atom. The van der Waals surface area contributed by atoms with E-state index in [0.29, 0.717) is 12.8 Å². The number of unbranched alkanes of at least 4 members (excludes halogenated alkanes) is 38. The van der Waals surface area contributed by atoms with E-state index >= 15 is 0 Å². The molecule has 3 heterocycles. The van der Waals surface area contributed by atoms with Gasteiger partial charge in [-0.2, -0.15) is 0 Å². The van der Waals surface area contributed by atoms with E-state index in [1.807, 2.05) is 0 Å². The van der Waals surface area contributed by atoms with Crippen molar-refractivity contribution in [3.8, 4) is 0 Å². The average molecular weight is 1260 g/mol. The molecule has 17 atom stereocenters. The monoisotopic (exact) mass is 1260 g/mol. The number of ether oxygens (including phenoxy) is 6. The summed E-state index contributed by atoms with van der Waals surface area (Å²) >= 11 is 0. The lowest BCUT2D eigenvalue weighted by Gasteiger charge is -2.48. The third-order valence-corrected chi connectivity index (χ3v) is 18.3. The minimum Gasteiger partial charge on any atom is -0.394 e. The maximum absolute atomic E-state index is 13.2. The van der Waals surface area contributed by atoms with Crippen LogP contribution in [-0.4, -0.2) is 193 Å². The summed E-state index contributed by atoms with van der Waals surface area (Å²) < 4.78 is 34.1. The fourth-order valence-electron chi connectivity index (χ4n) is 12.5. The molecule has 0 bridgehead atoms. The molecule has 3 aliphatic rings. The molecule has 12 N–H and O–H groups in total. The zero-order valence-electron chi connectivity index (χ0n) is 55.0. The number of hydrogen-bond donors (Lipinski definition) is 12. The second kappa shape index (κ2) is 51.9. The smallest absolute Gasteiger partial charge is 0.220 e. The van der Waals surface area contributed by atoms with E-state index in [4.69, 9.17) is 28.4 Å². The molecule has 0 aromatic rings. The number of carbonyl (C=O) groups excluding carboxylic acids is 1. The second-order valence-electron chi connectivity index (χ2n) is 26.1. The van der Waals surface area contributed by atoms with Crippen LogP contribution in [0.2, 0.25) is 0 Å². The molecule has 3 saturated heterocycles. The predicted molar refractivity (Wildman–Crippen MR) is 342 cm³/mol. The molecular formula is C69H131NO18. The Morgan fingerprint density at radius 3 is 1.10 bits per heavy atom. The maximum atomic E-state index is 13.2. The second-order valence-corrected chi connectivity index (χ2v) is 26.1. The highest BCUT2D eigenvalue weighted by Gasteiger charge is 2.53. The molecule has 0 aromatic carbocycles. The SMILES string of the molecule is CCCCCCCCCC/C=C\CCCCCCCCCCCCCCCCCCCCCCCCCCCCCC(=O)NC(COC1OC(CO)C(OC2OC(CO)C(OC3OC(CO)C(O)C(O)C3O)C(O)C2O)C(O)C1O)C(O)CCCCCC. The van der Waals surface area contributed by atoms with Crippen molar-refractivity contribution in [3.63, 3.8) is 0 Å². The molecule has 17 unspecified atom stereocenters. The van der Waals surface area contributed by atoms with Gasteiger partial charge in [0.1, 0.15) is 73.2 Å². The first-order valence-electron chi connectivity index (χ1n) is 35.9. The normalized spacial score (nSPS) is 28.4. The highest BCUT2D eigenvalue weighted by molar-refractivity contribution is 5.76. The lowest BCUT2D eigenvalue weighted by molar-refractivity contribution is -0.379. The molecule has 88 heavy (non-hydrogen) atoms. The van der Waals surface area contributed by atoms with Gasteiger partial charge in [-0.1, -0.05) is 257 Å². The number of hydrogen-bond acceptors (Lipinski definition) is 18. The van der Waals surface area contributed by atoms with E-state index in [9.17, 15) is 61.0 Å². The van der Waals surface area contributed by atoms with E-state index in [1.165, 1.54) is 212 Å². The molecule has 0 spiro atoms. The topological polar surface area (TPSA) is 307 Å². The molecule has 0 aromatic heterocycles. The Morgan fingerprint density at radius 2 is 0.716 bits per heavy atom. The summed E-state index contributed by atoms with van der Waals surface area (Å²) in [4.78, 5) is 13.2. The largest absolute Gasteiger partial charge is 0.394 e. The van der Waals surface area contributed by atoms with Gasteiger partial charge in [-0.15, -0.1) is 0 Å². The highest BCUT2D eigenvalue weighted by Crippen LogP contribution is 2.33. The summed E-state index contributed by atoms with van der Waals surface area (Å²) in [6.45, 7) is 1.67. The van der Waals surface area contributed by atoms with E-state index in [0.717, 1.165) is 44.9 Å². The molecule has 0 aliphatic carbocycles. The summed E-state index contributed by atoms with van der Waals surface area (Å²) in [5.41, 5.74) is 0. The number of aliphatic hydroxyl groups is 11. The minimum atomic E-state index is -1.97. The molecule has 0 radical (unpaired) electrons. The fraction of sp³-hybridized carbons (Fsp3) is 0.957. The number of aliphatic hydroxyl groups excluding tert-OH is 11. The van der Waals surface area contributed by atoms with Gasteiger partial charge in [0.05, 0.1) is 38.6 Å². The number of nitrogens with one attached hydrogen (secondary N) is 1. The average Bonchev–Trinajstić information content (AvgIpc) is 1.13. The van der Waals surface area contributed by atoms with Crippen LogP contribution in [0.5, 0.6) is 0 Å². The molecule has 0 saturated carbocycles. The number of carbonyl (C=O) groups is 1. The van der Waals surface area contributed by atoms with E-state index in [1.54, 1.807) is 0 Å². The van der Waals surface area contributed by atoms with Crippen LogP contribution in [-0.2, 0) is 33.2 Å². The Hall–Kier alpha value is -1.47. The summed E-state index contributed by atoms with van der Waals surface area (Å²) in [5, 5.41) is 120. The molecule has 520 valence electrons. The Balaban J connectivity index is 1.19. The Kier molecular flexibility index (Phi) is 47.6. The van der Waals surface area contributed by atoms with Gasteiger partial charge < -0.3 is 89.9 Å². The van der Waals surface area contributed by atoms with Gasteiger partial charge in [-0.05, 0) is 38.5 Å². The summed E-state index contributed by atoms with van der Waals surface area (Å²) in [6.07, 6.45) is 31.8. The summed E-state index contributed by atoms with van der Waals surface area (Å²) in [5.74, 6) is -0.247. The first kappa shape index (κ1) is 80.8. The fourth-order valence-corrected chi connectivity index (χ4v) is 12.5. The van der Waals surface area contributed by atoms with Crippen LogP contribution in [0.1, 0.15) is 290 Å². The predicted octanol–water partition coefficient (Wildman–Crippen LogP) is 9.67. The maximum Gasteiger partial charge on any atom is 0.220 e. The number of rotatable bonds is 56. The highest BCUT2D eigenvalue weighted by atomic mass is 16.8. The standard InChI is InChI=1S/C69H131NO18/c1-3-5-7-9-10-11-12-13-14-15-16-17-18-19-20-21-22-23-24-25-26-27-28-29-30-31-32-33-34-35-36-37-38-39-40-41-42-43-45-47-57(75)70-52(53(74)46-44-8-6-4-2)51-83-67-63(81)60(78)65(55(49-72)85-67)88-69-64(82)61(79)66(56(50-73)86-69)87-68-62(80)59(77)58(76)54(48-71)84-68/h15-16,52-56,58-69,71-74,76-82H,3-14,17-51H2,1-2H3,(H,70,75)/b16-15-. The summed E-state index contributed by atoms with van der Waals surface area (Å²) in [6, 6.07) is -0.879. The Labute approximate surface area is 531 Å². The van der Waals surface area contributed by atoms with Gasteiger partial charge in [0.15, 0.2) is 18.9 Å². The lowest BCUT2D eigenvalue weighted by Crippen LogP contribution is -2.66. The number of amides is 1. The van der Waals surface area contributed by atoms with Crippen molar-refractivity contribution in [1.29, 1.82) is 0 Å². The molecule has 3 aliphatic heterocycles. The van der Waals surface area contributed by atoms with Gasteiger partial charge >= 0.3 is 0 Å². The first-order valence-corrected chi connectivity index (χ1v) is 35.9. The third kappa shape index (κ3) is 33.6. The van der Waals surface area contributed by atoms with Crippen LogP contribution in [0.15, 0.2) is 12.2 Å². The van der Waals surface area contributed by atoms with Crippen molar-refractivity contribution < 1.29 is 89.4 Å². The van der Waals surface area contributed by atoms with Crippen LogP contribution in [0.25, 0.3) is 0 Å². The first-order chi connectivity index (χ1) is 42.8. The van der Waals surface area contributed by atoms with Gasteiger partial charge in [0, 0.05) is 6.42 Å². The van der Waals surface area contributed by atoms with Crippen LogP contribution >= 0.6 is 0 Å². The van der Waals surface area contributed by atoms with Gasteiger partial charge in [-0.25, -0.2) is 0 Å². The van der Waals surface area contributed by atoms with Crippen molar-refractivity contribution in [2.24, 2.45) is 0 Å². The molecule has 19 heteroatoms. The molecular weight excluding hydrogens is 1130 g/mol. The van der Waals surface area contributed by atoms with Crippen molar-refractivity contribution >= 4 is 5.91 Å². The lowest BCUT2D eigenvalue weighted by atomic mass is 9.96. The number of allylic oxidation sites excluding steroid dienone is 2. The molecule has 3 fully saturated rings. The molecule has 3 rings (SSSR count). The van der Waals surface area contributed by atoms with Crippen LogP contribution in [0.3, 0.4) is 0 Å². The Bertz CT molecular complexity index is 1650. The quantitative estimate of drug-likeness (QED) is 0.0199. The van der Waals surface area contributed by atoms with Crippen molar-refractivity contribution in [2.45, 2.75) is 394 Å². The molecule has 1 amide bonds. The van der Waals surface area contributed by atoms with Crippen LogP contribution < -0.4 is 5.32 Å². The summed E-state index contributed by atoms with van der Waals surface area (Å²) in [7, 11) is 0. The van der Waals surface area contributed by atoms with Gasteiger partial charge in [0.25, 0.3) is 0 Å². The zero-order chi connectivity index (χ0) is 64.0. The zero-order valence-corrected chi connectivity index (χ0v) is 55.0. The van der Waals surface area contributed by atoms with Gasteiger partial charge in [-0.3, -0.25) is 4.79 Å². The van der Waals surface area contributed by atoms with E-state index in [-0.39, 0.29) is 18.9 Å². The third-order valence-electron chi connectivity index (χ3n) is 18.3.